The van der Waals surface area contributed by atoms with Crippen molar-refractivity contribution in [2.45, 2.75) is 32.5 Å². The van der Waals surface area contributed by atoms with E-state index < -0.39 is 24.1 Å². The van der Waals surface area contributed by atoms with Gasteiger partial charge in [0.25, 0.3) is 0 Å². The minimum absolute atomic E-state index is 0.150. The molecule has 0 aromatic carbocycles. The summed E-state index contributed by atoms with van der Waals surface area (Å²) in [6.45, 7) is 2.63. The Kier molecular flexibility index (Phi) is 5.55. The van der Waals surface area contributed by atoms with Crippen LogP contribution in [0.5, 0.6) is 0 Å². The fourth-order valence-corrected chi connectivity index (χ4v) is 1.00. The van der Waals surface area contributed by atoms with E-state index in [1.54, 1.807) is 6.92 Å². The predicted molar refractivity (Wildman–Crippen MR) is 50.4 cm³/mol. The molecule has 0 aromatic heterocycles. The summed E-state index contributed by atoms with van der Waals surface area (Å²) in [5.74, 6) is 0. The zero-order chi connectivity index (χ0) is 12.1. The summed E-state index contributed by atoms with van der Waals surface area (Å²) in [7, 11) is 0. The highest BCUT2D eigenvalue weighted by atomic mass is 19.4. The van der Waals surface area contributed by atoms with Crippen molar-refractivity contribution in [3.63, 3.8) is 0 Å². The Morgan fingerprint density at radius 2 is 1.67 bits per heavy atom. The maximum Gasteiger partial charge on any atom is 0.390 e. The van der Waals surface area contributed by atoms with Gasteiger partial charge in [-0.1, -0.05) is 6.92 Å². The van der Waals surface area contributed by atoms with E-state index in [-0.39, 0.29) is 19.8 Å². The van der Waals surface area contributed by atoms with Gasteiger partial charge in [-0.2, -0.15) is 13.2 Å². The molecule has 0 radical (unpaired) electrons. The summed E-state index contributed by atoms with van der Waals surface area (Å²) in [6, 6.07) is -0.720. The molecule has 15 heavy (non-hydrogen) atoms. The molecule has 0 rings (SSSR count). The minimum Gasteiger partial charge on any atom is -0.396 e. The Morgan fingerprint density at radius 3 is 2.00 bits per heavy atom. The largest absolute Gasteiger partial charge is 0.396 e. The van der Waals surface area contributed by atoms with Crippen LogP contribution in [0.1, 0.15) is 20.3 Å². The van der Waals surface area contributed by atoms with E-state index in [4.69, 9.17) is 10.2 Å². The van der Waals surface area contributed by atoms with Gasteiger partial charge in [0.15, 0.2) is 0 Å². The van der Waals surface area contributed by atoms with Gasteiger partial charge in [0, 0.05) is 18.0 Å². The number of nitrogens with one attached hydrogen (secondary N) is 1. The lowest BCUT2D eigenvalue weighted by molar-refractivity contribution is -0.139. The molecule has 6 heteroatoms. The van der Waals surface area contributed by atoms with E-state index in [2.05, 4.69) is 5.32 Å². The minimum atomic E-state index is -4.19. The lowest BCUT2D eigenvalue weighted by atomic mass is 9.92. The molecule has 3 nitrogen and oxygen atoms in total. The summed E-state index contributed by atoms with van der Waals surface area (Å²) < 4.78 is 35.9. The molecule has 92 valence electrons. The Bertz CT molecular complexity index is 181. The summed E-state index contributed by atoms with van der Waals surface area (Å²) in [5.41, 5.74) is -0.778. The molecule has 0 aliphatic heterocycles. The van der Waals surface area contributed by atoms with E-state index >= 15 is 0 Å². The summed E-state index contributed by atoms with van der Waals surface area (Å²) in [6.07, 6.45) is -5.11. The van der Waals surface area contributed by atoms with Crippen LogP contribution in [0.2, 0.25) is 0 Å². The van der Waals surface area contributed by atoms with Crippen molar-refractivity contribution < 1.29 is 23.4 Å². The molecule has 3 N–H and O–H groups in total. The number of hydrogen-bond acceptors (Lipinski definition) is 3. The third-order valence-electron chi connectivity index (χ3n) is 2.18. The van der Waals surface area contributed by atoms with Crippen molar-refractivity contribution in [1.82, 2.24) is 5.32 Å². The van der Waals surface area contributed by atoms with Crippen molar-refractivity contribution in [2.75, 3.05) is 19.8 Å². The summed E-state index contributed by atoms with van der Waals surface area (Å²) in [4.78, 5) is 0. The van der Waals surface area contributed by atoms with Crippen LogP contribution in [0, 0.1) is 5.41 Å². The topological polar surface area (TPSA) is 52.5 Å². The van der Waals surface area contributed by atoms with Gasteiger partial charge in [-0.15, -0.1) is 0 Å². The Labute approximate surface area is 87.3 Å². The molecule has 1 atom stereocenters. The highest BCUT2D eigenvalue weighted by Gasteiger charge is 2.31. The van der Waals surface area contributed by atoms with Crippen LogP contribution < -0.4 is 5.32 Å². The molecule has 1 unspecified atom stereocenters. The third-order valence-corrected chi connectivity index (χ3v) is 2.18. The second kappa shape index (κ2) is 5.67. The smallest absolute Gasteiger partial charge is 0.390 e. The molecule has 0 fully saturated rings. The van der Waals surface area contributed by atoms with Crippen LogP contribution in [0.4, 0.5) is 13.2 Å². The fourth-order valence-electron chi connectivity index (χ4n) is 1.00. The number of hydrogen-bond donors (Lipinski definition) is 3. The van der Waals surface area contributed by atoms with Crippen LogP contribution in [-0.4, -0.2) is 42.2 Å². The Morgan fingerprint density at radius 1 is 1.20 bits per heavy atom. The van der Waals surface area contributed by atoms with Crippen LogP contribution in [0.3, 0.4) is 0 Å². The maximum atomic E-state index is 12.0. The standard InChI is InChI=1S/C9H18F3NO2/c1-7(3-9(10,11)12)13-4-8(2,5-14)6-15/h7,13-15H,3-6H2,1-2H3. The van der Waals surface area contributed by atoms with Gasteiger partial charge in [-0.3, -0.25) is 0 Å². The van der Waals surface area contributed by atoms with Crippen molar-refractivity contribution >= 4 is 0 Å². The molecule has 0 bridgehead atoms. The van der Waals surface area contributed by atoms with Gasteiger partial charge in [0.05, 0.1) is 19.6 Å². The zero-order valence-corrected chi connectivity index (χ0v) is 8.93. The fraction of sp³-hybridized carbons (Fsp3) is 1.00. The summed E-state index contributed by atoms with van der Waals surface area (Å²) >= 11 is 0. The molecule has 0 spiro atoms. The first-order valence-corrected chi connectivity index (χ1v) is 4.74. The van der Waals surface area contributed by atoms with E-state index in [1.807, 2.05) is 0 Å². The number of alkyl halides is 3. The second-order valence-electron chi connectivity index (χ2n) is 4.23. The van der Waals surface area contributed by atoms with E-state index in [0.29, 0.717) is 0 Å². The molecular weight excluding hydrogens is 211 g/mol. The van der Waals surface area contributed by atoms with Gasteiger partial charge >= 0.3 is 6.18 Å². The van der Waals surface area contributed by atoms with Crippen LogP contribution in [0.15, 0.2) is 0 Å². The quantitative estimate of drug-likeness (QED) is 0.634. The first-order chi connectivity index (χ1) is 6.72. The van der Waals surface area contributed by atoms with Gasteiger partial charge in [-0.05, 0) is 6.92 Å². The van der Waals surface area contributed by atoms with Crippen molar-refractivity contribution in [1.29, 1.82) is 0 Å². The van der Waals surface area contributed by atoms with E-state index in [1.165, 1.54) is 6.92 Å². The first kappa shape index (κ1) is 14.7. The maximum absolute atomic E-state index is 12.0. The SMILES string of the molecule is CC(CC(F)(F)F)NCC(C)(CO)CO. The monoisotopic (exact) mass is 229 g/mol. The number of aliphatic hydroxyl groups excluding tert-OH is 2. The average Bonchev–Trinajstić information content (AvgIpc) is 2.12. The van der Waals surface area contributed by atoms with Crippen LogP contribution in [-0.2, 0) is 0 Å². The molecule has 0 aromatic rings. The van der Waals surface area contributed by atoms with Gasteiger partial charge in [-0.25, -0.2) is 0 Å². The van der Waals surface area contributed by atoms with Crippen LogP contribution in [0.25, 0.3) is 0 Å². The zero-order valence-electron chi connectivity index (χ0n) is 8.93. The molecule has 0 aliphatic rings. The first-order valence-electron chi connectivity index (χ1n) is 4.74. The predicted octanol–water partition coefficient (Wildman–Crippen LogP) is 0.908. The number of rotatable bonds is 6. The third kappa shape index (κ3) is 6.70. The molecule has 0 aliphatic carbocycles. The molecule has 0 saturated carbocycles. The highest BCUT2D eigenvalue weighted by molar-refractivity contribution is 4.77. The van der Waals surface area contributed by atoms with Crippen molar-refractivity contribution in [3.8, 4) is 0 Å². The molecule has 0 amide bonds. The molecule has 0 saturated heterocycles. The summed E-state index contributed by atoms with van der Waals surface area (Å²) in [5, 5.41) is 20.5. The van der Waals surface area contributed by atoms with E-state index in [9.17, 15) is 13.2 Å². The lowest BCUT2D eigenvalue weighted by Gasteiger charge is -2.27. The molecule has 0 heterocycles. The van der Waals surface area contributed by atoms with E-state index in [0.717, 1.165) is 0 Å². The normalized spacial score (nSPS) is 15.4. The average molecular weight is 229 g/mol. The molecular formula is C9H18F3NO2. The van der Waals surface area contributed by atoms with Crippen molar-refractivity contribution in [3.05, 3.63) is 0 Å². The van der Waals surface area contributed by atoms with Gasteiger partial charge in [0.1, 0.15) is 0 Å². The Hall–Kier alpha value is -0.330. The lowest BCUT2D eigenvalue weighted by Crippen LogP contribution is -2.42. The second-order valence-corrected chi connectivity index (χ2v) is 4.23. The number of aliphatic hydroxyl groups is 2. The Balaban J connectivity index is 3.94. The van der Waals surface area contributed by atoms with Gasteiger partial charge < -0.3 is 15.5 Å². The highest BCUT2D eigenvalue weighted by Crippen LogP contribution is 2.22. The number of halogens is 3. The van der Waals surface area contributed by atoms with Crippen LogP contribution >= 0.6 is 0 Å². The van der Waals surface area contributed by atoms with Crippen molar-refractivity contribution in [2.24, 2.45) is 5.41 Å². The van der Waals surface area contributed by atoms with Gasteiger partial charge in [0.2, 0.25) is 0 Å².